The first-order valence-electron chi connectivity index (χ1n) is 6.65. The number of hydrogen-bond acceptors (Lipinski definition) is 3. The molecule has 1 aromatic rings. The Morgan fingerprint density at radius 3 is 3.00 bits per heavy atom. The van der Waals surface area contributed by atoms with Gasteiger partial charge >= 0.3 is 0 Å². The summed E-state index contributed by atoms with van der Waals surface area (Å²) < 4.78 is 0. The zero-order chi connectivity index (χ0) is 14.5. The van der Waals surface area contributed by atoms with Crippen molar-refractivity contribution in [2.75, 3.05) is 18.4 Å². The van der Waals surface area contributed by atoms with Crippen LogP contribution < -0.4 is 11.1 Å². The topological polar surface area (TPSA) is 75.4 Å². The van der Waals surface area contributed by atoms with E-state index >= 15 is 0 Å². The molecule has 5 heteroatoms. The molecule has 1 saturated heterocycles. The third kappa shape index (κ3) is 3.24. The van der Waals surface area contributed by atoms with Crippen LogP contribution in [0.3, 0.4) is 0 Å². The van der Waals surface area contributed by atoms with E-state index in [1.54, 1.807) is 4.90 Å². The molecule has 0 spiro atoms. The van der Waals surface area contributed by atoms with Crippen LogP contribution in [0.15, 0.2) is 36.9 Å². The van der Waals surface area contributed by atoms with Crippen molar-refractivity contribution in [2.45, 2.75) is 13.0 Å². The van der Waals surface area contributed by atoms with Crippen molar-refractivity contribution >= 4 is 17.5 Å². The minimum absolute atomic E-state index is 0.0569. The number of carbonyl (C=O) groups is 2. The lowest BCUT2D eigenvalue weighted by atomic mass is 10.1. The number of anilines is 1. The molecule has 5 nitrogen and oxygen atoms in total. The van der Waals surface area contributed by atoms with Gasteiger partial charge in [0, 0.05) is 25.3 Å². The maximum atomic E-state index is 12.2. The largest absolute Gasteiger partial charge is 0.338 e. The molecular weight excluding hydrogens is 254 g/mol. The maximum Gasteiger partial charge on any atom is 0.245 e. The van der Waals surface area contributed by atoms with E-state index in [4.69, 9.17) is 5.73 Å². The number of carbonyl (C=O) groups excluding carboxylic acids is 2. The Morgan fingerprint density at radius 2 is 2.30 bits per heavy atom. The van der Waals surface area contributed by atoms with Crippen LogP contribution in [0.25, 0.3) is 0 Å². The maximum absolute atomic E-state index is 12.2. The average Bonchev–Trinajstić information content (AvgIpc) is 2.96. The zero-order valence-corrected chi connectivity index (χ0v) is 11.3. The highest BCUT2D eigenvalue weighted by Gasteiger charge is 2.30. The Bertz CT molecular complexity index is 528. The first kappa shape index (κ1) is 14.3. The highest BCUT2D eigenvalue weighted by Crippen LogP contribution is 2.19. The van der Waals surface area contributed by atoms with E-state index < -0.39 is 0 Å². The minimum Gasteiger partial charge on any atom is -0.338 e. The van der Waals surface area contributed by atoms with Crippen LogP contribution in [0.4, 0.5) is 5.69 Å². The van der Waals surface area contributed by atoms with E-state index in [0.717, 1.165) is 11.3 Å². The van der Waals surface area contributed by atoms with Crippen LogP contribution in [0.5, 0.6) is 0 Å². The van der Waals surface area contributed by atoms with Crippen LogP contribution in [-0.2, 0) is 16.1 Å². The van der Waals surface area contributed by atoms with Gasteiger partial charge in [-0.1, -0.05) is 18.7 Å². The summed E-state index contributed by atoms with van der Waals surface area (Å²) in [7, 11) is 0. The van der Waals surface area contributed by atoms with E-state index in [2.05, 4.69) is 11.9 Å². The van der Waals surface area contributed by atoms with Gasteiger partial charge in [-0.2, -0.15) is 0 Å². The molecule has 0 saturated carbocycles. The monoisotopic (exact) mass is 273 g/mol. The van der Waals surface area contributed by atoms with Gasteiger partial charge in [0.15, 0.2) is 0 Å². The number of nitrogens with one attached hydrogen (secondary N) is 1. The van der Waals surface area contributed by atoms with Crippen LogP contribution in [0.2, 0.25) is 0 Å². The van der Waals surface area contributed by atoms with Gasteiger partial charge in [0.05, 0.1) is 5.92 Å². The standard InChI is InChI=1S/C15H19N3O2/c1-2-14(19)18-7-6-12(10-18)15(20)17-13-5-3-4-11(8-13)9-16/h2-5,8,12H,1,6-7,9-10,16H2,(H,17,20). The number of amides is 2. The van der Waals surface area contributed by atoms with E-state index in [0.29, 0.717) is 26.1 Å². The SMILES string of the molecule is C=CC(=O)N1CCC(C(=O)Nc2cccc(CN)c2)C1. The van der Waals surface area contributed by atoms with Crippen LogP contribution in [0.1, 0.15) is 12.0 Å². The second-order valence-electron chi connectivity index (χ2n) is 4.87. The number of nitrogens with two attached hydrogens (primary N) is 1. The Balaban J connectivity index is 1.95. The Morgan fingerprint density at radius 1 is 1.50 bits per heavy atom. The number of rotatable bonds is 4. The highest BCUT2D eigenvalue weighted by atomic mass is 16.2. The molecule has 1 aliphatic heterocycles. The smallest absolute Gasteiger partial charge is 0.245 e. The van der Waals surface area contributed by atoms with Gasteiger partial charge in [-0.25, -0.2) is 0 Å². The Kier molecular flexibility index (Phi) is 4.53. The molecule has 2 rings (SSSR count). The molecule has 1 fully saturated rings. The zero-order valence-electron chi connectivity index (χ0n) is 11.3. The second-order valence-corrected chi connectivity index (χ2v) is 4.87. The molecule has 0 aromatic heterocycles. The number of likely N-dealkylation sites (tertiary alicyclic amines) is 1. The van der Waals surface area contributed by atoms with Crippen LogP contribution >= 0.6 is 0 Å². The molecule has 1 heterocycles. The van der Waals surface area contributed by atoms with E-state index in [1.807, 2.05) is 24.3 Å². The Labute approximate surface area is 118 Å². The number of hydrogen-bond donors (Lipinski definition) is 2. The molecule has 0 aliphatic carbocycles. The Hall–Kier alpha value is -2.14. The third-order valence-corrected chi connectivity index (χ3v) is 3.48. The summed E-state index contributed by atoms with van der Waals surface area (Å²) in [6, 6.07) is 7.47. The van der Waals surface area contributed by atoms with Gasteiger partial charge in [-0.3, -0.25) is 9.59 Å². The molecule has 1 aliphatic rings. The fourth-order valence-electron chi connectivity index (χ4n) is 2.32. The summed E-state index contributed by atoms with van der Waals surface area (Å²) in [5.41, 5.74) is 7.28. The molecular formula is C15H19N3O2. The summed E-state index contributed by atoms with van der Waals surface area (Å²) in [4.78, 5) is 25.3. The predicted octanol–water partition coefficient (Wildman–Crippen LogP) is 1.12. The lowest BCUT2D eigenvalue weighted by Crippen LogP contribution is -2.30. The normalized spacial score (nSPS) is 17.9. The summed E-state index contributed by atoms with van der Waals surface area (Å²) in [6.45, 7) is 4.95. The molecule has 1 unspecified atom stereocenters. The first-order chi connectivity index (χ1) is 9.63. The van der Waals surface area contributed by atoms with E-state index in [9.17, 15) is 9.59 Å². The number of benzene rings is 1. The molecule has 106 valence electrons. The van der Waals surface area contributed by atoms with Crippen molar-refractivity contribution in [2.24, 2.45) is 11.7 Å². The van der Waals surface area contributed by atoms with Gasteiger partial charge in [0.2, 0.25) is 11.8 Å². The summed E-state index contributed by atoms with van der Waals surface area (Å²) >= 11 is 0. The lowest BCUT2D eigenvalue weighted by Gasteiger charge is -2.14. The van der Waals surface area contributed by atoms with E-state index in [1.165, 1.54) is 6.08 Å². The quantitative estimate of drug-likeness (QED) is 0.807. The fourth-order valence-corrected chi connectivity index (χ4v) is 2.32. The molecule has 0 radical (unpaired) electrons. The van der Waals surface area contributed by atoms with Crippen molar-refractivity contribution in [3.05, 3.63) is 42.5 Å². The van der Waals surface area contributed by atoms with Gasteiger partial charge in [0.25, 0.3) is 0 Å². The van der Waals surface area contributed by atoms with Crippen molar-refractivity contribution in [3.8, 4) is 0 Å². The second kappa shape index (κ2) is 6.34. The van der Waals surface area contributed by atoms with Gasteiger partial charge < -0.3 is 16.0 Å². The molecule has 3 N–H and O–H groups in total. The lowest BCUT2D eigenvalue weighted by molar-refractivity contribution is -0.125. The van der Waals surface area contributed by atoms with Crippen molar-refractivity contribution in [3.63, 3.8) is 0 Å². The molecule has 1 aromatic carbocycles. The summed E-state index contributed by atoms with van der Waals surface area (Å²) in [5, 5.41) is 2.88. The average molecular weight is 273 g/mol. The van der Waals surface area contributed by atoms with Crippen molar-refractivity contribution in [1.29, 1.82) is 0 Å². The fraction of sp³-hybridized carbons (Fsp3) is 0.333. The van der Waals surface area contributed by atoms with Crippen LogP contribution in [0, 0.1) is 5.92 Å². The minimum atomic E-state index is -0.166. The van der Waals surface area contributed by atoms with Crippen LogP contribution in [-0.4, -0.2) is 29.8 Å². The highest BCUT2D eigenvalue weighted by molar-refractivity contribution is 5.94. The van der Waals surface area contributed by atoms with E-state index in [-0.39, 0.29) is 17.7 Å². The molecule has 1 atom stereocenters. The van der Waals surface area contributed by atoms with Gasteiger partial charge in [-0.05, 0) is 30.2 Å². The molecule has 2 amide bonds. The third-order valence-electron chi connectivity index (χ3n) is 3.48. The number of nitrogens with zero attached hydrogens (tertiary/aromatic N) is 1. The first-order valence-corrected chi connectivity index (χ1v) is 6.65. The van der Waals surface area contributed by atoms with Crippen molar-refractivity contribution in [1.82, 2.24) is 4.90 Å². The van der Waals surface area contributed by atoms with Gasteiger partial charge in [0.1, 0.15) is 0 Å². The predicted molar refractivity (Wildman–Crippen MR) is 77.8 cm³/mol. The van der Waals surface area contributed by atoms with Crippen molar-refractivity contribution < 1.29 is 9.59 Å². The summed E-state index contributed by atoms with van der Waals surface area (Å²) in [6.07, 6.45) is 1.97. The molecule has 0 bridgehead atoms. The molecule has 20 heavy (non-hydrogen) atoms. The summed E-state index contributed by atoms with van der Waals surface area (Å²) in [5.74, 6) is -0.343. The van der Waals surface area contributed by atoms with Gasteiger partial charge in [-0.15, -0.1) is 0 Å².